The third-order valence-electron chi connectivity index (χ3n) is 6.65. The van der Waals surface area contributed by atoms with Gasteiger partial charge in [-0.2, -0.15) is 4.31 Å². The molecule has 1 saturated heterocycles. The Hall–Kier alpha value is -3.55. The van der Waals surface area contributed by atoms with Gasteiger partial charge in [0, 0.05) is 50.2 Å². The maximum atomic E-state index is 14.8. The molecule has 0 radical (unpaired) electrons. The van der Waals surface area contributed by atoms with Crippen LogP contribution in [0.2, 0.25) is 0 Å². The first kappa shape index (κ1) is 26.1. The van der Waals surface area contributed by atoms with Gasteiger partial charge in [0.25, 0.3) is 0 Å². The highest BCUT2D eigenvalue weighted by atomic mass is 32.2. The average Bonchev–Trinajstić information content (AvgIpc) is 3.25. The fourth-order valence-electron chi connectivity index (χ4n) is 4.66. The topological polar surface area (TPSA) is 122 Å². The fourth-order valence-corrected chi connectivity index (χ4v) is 6.03. The lowest BCUT2D eigenvalue weighted by atomic mass is 10.2. The Morgan fingerprint density at radius 1 is 1.03 bits per heavy atom. The largest absolute Gasteiger partial charge is 0.324 e. The molecule has 0 unspecified atom stereocenters. The van der Waals surface area contributed by atoms with E-state index in [-0.39, 0.29) is 22.6 Å². The minimum absolute atomic E-state index is 0.0801. The van der Waals surface area contributed by atoms with E-state index in [1.54, 1.807) is 6.07 Å². The van der Waals surface area contributed by atoms with Crippen LogP contribution in [0.3, 0.4) is 0 Å². The Morgan fingerprint density at radius 2 is 1.79 bits per heavy atom. The van der Waals surface area contributed by atoms with Gasteiger partial charge in [-0.3, -0.25) is 0 Å². The molecular weight excluding hydrogens is 509 g/mol. The molecule has 200 valence electrons. The van der Waals surface area contributed by atoms with E-state index in [4.69, 9.17) is 0 Å². The monoisotopic (exact) mass is 539 g/mol. The molecule has 38 heavy (non-hydrogen) atoms. The van der Waals surface area contributed by atoms with E-state index in [9.17, 15) is 12.8 Å². The lowest BCUT2D eigenvalue weighted by Crippen LogP contribution is -2.48. The number of fused-ring (bicyclic) bond motifs is 1. The standard InChI is InChI=1S/C25H30FN9O2S/c1-5-33-8-10-34(11-9-33)38(36,37)19-6-7-22(27-14-19)31-25-29-15-20(26)23(32-25)18-12-21-24(28-13-18)30-17(4)35(21)16(2)3/h6-7,12-16H,5,8-11H2,1-4H3,(H,27,29,31,32). The molecule has 1 aliphatic rings. The van der Waals surface area contributed by atoms with Crippen LogP contribution in [-0.2, 0) is 10.0 Å². The summed E-state index contributed by atoms with van der Waals surface area (Å²) in [5.41, 5.74) is 1.94. The van der Waals surface area contributed by atoms with Gasteiger partial charge in [0.05, 0.1) is 11.7 Å². The van der Waals surface area contributed by atoms with Crippen LogP contribution in [0.1, 0.15) is 32.6 Å². The summed E-state index contributed by atoms with van der Waals surface area (Å²) >= 11 is 0. The smallest absolute Gasteiger partial charge is 0.244 e. The van der Waals surface area contributed by atoms with Crippen LogP contribution >= 0.6 is 0 Å². The van der Waals surface area contributed by atoms with E-state index < -0.39 is 15.8 Å². The highest BCUT2D eigenvalue weighted by molar-refractivity contribution is 7.89. The van der Waals surface area contributed by atoms with Gasteiger partial charge >= 0.3 is 0 Å². The normalized spacial score (nSPS) is 15.4. The molecule has 0 bridgehead atoms. The molecule has 0 saturated carbocycles. The summed E-state index contributed by atoms with van der Waals surface area (Å²) in [5.74, 6) is 0.680. The van der Waals surface area contributed by atoms with Crippen molar-refractivity contribution in [2.45, 2.75) is 38.6 Å². The van der Waals surface area contributed by atoms with Gasteiger partial charge in [-0.25, -0.2) is 37.7 Å². The molecule has 4 aromatic heterocycles. The van der Waals surface area contributed by atoms with Crippen molar-refractivity contribution >= 4 is 33.0 Å². The molecule has 0 spiro atoms. The van der Waals surface area contributed by atoms with Crippen LogP contribution in [0.25, 0.3) is 22.4 Å². The van der Waals surface area contributed by atoms with E-state index in [0.717, 1.165) is 24.1 Å². The summed E-state index contributed by atoms with van der Waals surface area (Å²) in [4.78, 5) is 23.8. The summed E-state index contributed by atoms with van der Waals surface area (Å²) in [6, 6.07) is 5.01. The number of anilines is 2. The molecule has 1 aliphatic heterocycles. The van der Waals surface area contributed by atoms with Crippen LogP contribution in [0, 0.1) is 12.7 Å². The predicted octanol–water partition coefficient (Wildman–Crippen LogP) is 3.38. The third-order valence-corrected chi connectivity index (χ3v) is 8.53. The number of likely N-dealkylation sites (N-methyl/N-ethyl adjacent to an activating group) is 1. The van der Waals surface area contributed by atoms with Crippen LogP contribution in [0.5, 0.6) is 0 Å². The number of aromatic nitrogens is 6. The second kappa shape index (κ2) is 10.3. The molecule has 5 heterocycles. The zero-order valence-electron chi connectivity index (χ0n) is 21.8. The van der Waals surface area contributed by atoms with Gasteiger partial charge in [0.1, 0.15) is 22.2 Å². The van der Waals surface area contributed by atoms with Gasteiger partial charge in [-0.05, 0) is 45.5 Å². The molecule has 0 aromatic carbocycles. The minimum Gasteiger partial charge on any atom is -0.324 e. The fraction of sp³-hybridized carbons (Fsp3) is 0.400. The van der Waals surface area contributed by atoms with E-state index in [0.29, 0.717) is 43.2 Å². The number of hydrogen-bond donors (Lipinski definition) is 1. The summed E-state index contributed by atoms with van der Waals surface area (Å²) < 4.78 is 44.3. The van der Waals surface area contributed by atoms with Crippen molar-refractivity contribution in [3.63, 3.8) is 0 Å². The van der Waals surface area contributed by atoms with Crippen molar-refractivity contribution in [3.8, 4) is 11.3 Å². The molecule has 11 nitrogen and oxygen atoms in total. The molecule has 0 aliphatic carbocycles. The van der Waals surface area contributed by atoms with Gasteiger partial charge in [0.15, 0.2) is 11.5 Å². The van der Waals surface area contributed by atoms with E-state index in [1.165, 1.54) is 22.8 Å². The number of pyridine rings is 2. The maximum absolute atomic E-state index is 14.8. The summed E-state index contributed by atoms with van der Waals surface area (Å²) in [5, 5.41) is 2.93. The number of nitrogens with one attached hydrogen (secondary N) is 1. The van der Waals surface area contributed by atoms with Crippen LogP contribution < -0.4 is 5.32 Å². The number of halogens is 1. The summed E-state index contributed by atoms with van der Waals surface area (Å²) in [7, 11) is -3.64. The van der Waals surface area contributed by atoms with Crippen molar-refractivity contribution in [2.24, 2.45) is 0 Å². The number of nitrogens with zero attached hydrogens (tertiary/aromatic N) is 8. The zero-order valence-corrected chi connectivity index (χ0v) is 22.6. The number of piperazine rings is 1. The van der Waals surface area contributed by atoms with Gasteiger partial charge < -0.3 is 14.8 Å². The Morgan fingerprint density at radius 3 is 2.45 bits per heavy atom. The third kappa shape index (κ3) is 4.96. The van der Waals surface area contributed by atoms with E-state index in [2.05, 4.69) is 42.1 Å². The van der Waals surface area contributed by atoms with E-state index >= 15 is 0 Å². The number of sulfonamides is 1. The second-order valence-electron chi connectivity index (χ2n) is 9.42. The van der Waals surface area contributed by atoms with Crippen molar-refractivity contribution in [1.29, 1.82) is 0 Å². The number of rotatable bonds is 7. The van der Waals surface area contributed by atoms with Gasteiger partial charge in [0.2, 0.25) is 16.0 Å². The highest BCUT2D eigenvalue weighted by Gasteiger charge is 2.28. The molecule has 0 amide bonds. The van der Waals surface area contributed by atoms with Gasteiger partial charge in [-0.15, -0.1) is 0 Å². The molecular formula is C25H30FN9O2S. The molecule has 1 fully saturated rings. The SMILES string of the molecule is CCN1CCN(S(=O)(=O)c2ccc(Nc3ncc(F)c(-c4cnc5nc(C)n(C(C)C)c5c4)n3)nc2)CC1. The molecule has 5 rings (SSSR count). The average molecular weight is 540 g/mol. The number of hydrogen-bond acceptors (Lipinski definition) is 9. The van der Waals surface area contributed by atoms with Crippen molar-refractivity contribution in [3.05, 3.63) is 48.4 Å². The first-order valence-corrected chi connectivity index (χ1v) is 13.9. The number of imidazole rings is 1. The second-order valence-corrected chi connectivity index (χ2v) is 11.4. The Kier molecular flexibility index (Phi) is 7.07. The molecule has 0 atom stereocenters. The molecule has 4 aromatic rings. The van der Waals surface area contributed by atoms with Crippen molar-refractivity contribution < 1.29 is 12.8 Å². The quantitative estimate of drug-likeness (QED) is 0.377. The van der Waals surface area contributed by atoms with Gasteiger partial charge in [-0.1, -0.05) is 6.92 Å². The predicted molar refractivity (Wildman–Crippen MR) is 142 cm³/mol. The summed E-state index contributed by atoms with van der Waals surface area (Å²) in [6.45, 7) is 11.3. The minimum atomic E-state index is -3.64. The van der Waals surface area contributed by atoms with Crippen molar-refractivity contribution in [2.75, 3.05) is 38.0 Å². The lowest BCUT2D eigenvalue weighted by Gasteiger charge is -2.33. The van der Waals surface area contributed by atoms with E-state index in [1.807, 2.05) is 31.4 Å². The van der Waals surface area contributed by atoms with Crippen LogP contribution in [0.4, 0.5) is 16.2 Å². The Labute approximate surface area is 220 Å². The Bertz CT molecular complexity index is 1560. The maximum Gasteiger partial charge on any atom is 0.244 e. The first-order chi connectivity index (χ1) is 18.2. The lowest BCUT2D eigenvalue weighted by molar-refractivity contribution is 0.196. The zero-order chi connectivity index (χ0) is 27.0. The van der Waals surface area contributed by atoms with Crippen molar-refractivity contribution in [1.82, 2.24) is 38.7 Å². The summed E-state index contributed by atoms with van der Waals surface area (Å²) in [6.07, 6.45) is 3.92. The number of aryl methyl sites for hydroxylation is 1. The molecule has 1 N–H and O–H groups in total. The van der Waals surface area contributed by atoms with Crippen LogP contribution in [0.15, 0.2) is 41.7 Å². The first-order valence-electron chi connectivity index (χ1n) is 12.5. The molecule has 13 heteroatoms. The Balaban J connectivity index is 1.37. The highest BCUT2D eigenvalue weighted by Crippen LogP contribution is 2.27. The van der Waals surface area contributed by atoms with Crippen LogP contribution in [-0.4, -0.2) is 79.8 Å².